The fourth-order valence-corrected chi connectivity index (χ4v) is 2.70. The predicted molar refractivity (Wildman–Crippen MR) is 76.6 cm³/mol. The fourth-order valence-electron chi connectivity index (χ4n) is 2.70. The summed E-state index contributed by atoms with van der Waals surface area (Å²) < 4.78 is 5.52. The third-order valence-corrected chi connectivity index (χ3v) is 3.75. The Bertz CT molecular complexity index is 417. The zero-order valence-corrected chi connectivity index (χ0v) is 11.8. The van der Waals surface area contributed by atoms with E-state index in [1.165, 1.54) is 11.3 Å². The van der Waals surface area contributed by atoms with Gasteiger partial charge in [0, 0.05) is 29.3 Å². The second kappa shape index (κ2) is 5.19. The number of hydrogen-bond acceptors (Lipinski definition) is 3. The average molecular weight is 248 g/mol. The Labute approximate surface area is 110 Å². The highest BCUT2D eigenvalue weighted by atomic mass is 16.5. The van der Waals surface area contributed by atoms with E-state index >= 15 is 0 Å². The largest absolute Gasteiger partial charge is 0.496 e. The van der Waals surface area contributed by atoms with E-state index in [0.717, 1.165) is 25.3 Å². The number of methoxy groups -OCH3 is 1. The van der Waals surface area contributed by atoms with Crippen LogP contribution in [0, 0.1) is 0 Å². The molecule has 0 unspecified atom stereocenters. The number of anilines is 1. The first-order chi connectivity index (χ1) is 8.57. The monoisotopic (exact) mass is 248 g/mol. The molecule has 1 aliphatic heterocycles. The van der Waals surface area contributed by atoms with Gasteiger partial charge >= 0.3 is 0 Å². The zero-order valence-electron chi connectivity index (χ0n) is 11.8. The molecule has 0 bridgehead atoms. The fraction of sp³-hybridized carbons (Fsp3) is 0.600. The first-order valence-electron chi connectivity index (χ1n) is 6.71. The highest BCUT2D eigenvalue weighted by Crippen LogP contribution is 2.44. The van der Waals surface area contributed by atoms with Gasteiger partial charge in [0.1, 0.15) is 5.75 Å². The molecule has 1 atom stereocenters. The molecule has 0 saturated carbocycles. The number of nitrogens with one attached hydrogen (secondary N) is 2. The quantitative estimate of drug-likeness (QED) is 0.840. The topological polar surface area (TPSA) is 33.3 Å². The van der Waals surface area contributed by atoms with Crippen LogP contribution in [0.5, 0.6) is 5.75 Å². The lowest BCUT2D eigenvalue weighted by atomic mass is 9.80. The Hall–Kier alpha value is -1.22. The van der Waals surface area contributed by atoms with E-state index in [4.69, 9.17) is 4.74 Å². The van der Waals surface area contributed by atoms with Crippen molar-refractivity contribution in [1.29, 1.82) is 0 Å². The molecule has 0 amide bonds. The maximum atomic E-state index is 5.52. The highest BCUT2D eigenvalue weighted by Gasteiger charge is 2.36. The molecule has 2 N–H and O–H groups in total. The van der Waals surface area contributed by atoms with Gasteiger partial charge < -0.3 is 15.4 Å². The van der Waals surface area contributed by atoms with Crippen LogP contribution in [-0.4, -0.2) is 26.2 Å². The number of fused-ring (bicyclic) bond motifs is 1. The zero-order chi connectivity index (χ0) is 13.2. The van der Waals surface area contributed by atoms with E-state index < -0.39 is 0 Å². The van der Waals surface area contributed by atoms with Crippen molar-refractivity contribution in [3.63, 3.8) is 0 Å². The van der Waals surface area contributed by atoms with Gasteiger partial charge in [-0.1, -0.05) is 26.8 Å². The SMILES string of the molecule is COc1cccc2c1[C@](C)(CCNC(C)C)CN2. The summed E-state index contributed by atoms with van der Waals surface area (Å²) in [5, 5.41) is 6.99. The smallest absolute Gasteiger partial charge is 0.124 e. The van der Waals surface area contributed by atoms with Crippen LogP contribution < -0.4 is 15.4 Å². The summed E-state index contributed by atoms with van der Waals surface area (Å²) in [5.41, 5.74) is 2.71. The van der Waals surface area contributed by atoms with Gasteiger partial charge in [0.05, 0.1) is 7.11 Å². The van der Waals surface area contributed by atoms with Crippen LogP contribution in [0.25, 0.3) is 0 Å². The van der Waals surface area contributed by atoms with E-state index in [0.29, 0.717) is 6.04 Å². The number of benzene rings is 1. The molecule has 1 heterocycles. The molecule has 100 valence electrons. The predicted octanol–water partition coefficient (Wildman–Crippen LogP) is 2.77. The van der Waals surface area contributed by atoms with Crippen molar-refractivity contribution in [2.45, 2.75) is 38.6 Å². The molecule has 0 spiro atoms. The third-order valence-electron chi connectivity index (χ3n) is 3.75. The van der Waals surface area contributed by atoms with Crippen LogP contribution in [0.1, 0.15) is 32.8 Å². The van der Waals surface area contributed by atoms with Gasteiger partial charge in [0.2, 0.25) is 0 Å². The van der Waals surface area contributed by atoms with Crippen LogP contribution in [0.2, 0.25) is 0 Å². The van der Waals surface area contributed by atoms with Crippen molar-refractivity contribution >= 4 is 5.69 Å². The van der Waals surface area contributed by atoms with E-state index in [2.05, 4.69) is 43.5 Å². The molecule has 0 radical (unpaired) electrons. The van der Waals surface area contributed by atoms with E-state index in [1.807, 2.05) is 6.07 Å². The summed E-state index contributed by atoms with van der Waals surface area (Å²) in [6, 6.07) is 6.78. The summed E-state index contributed by atoms with van der Waals surface area (Å²) in [6.07, 6.45) is 1.12. The number of ether oxygens (including phenoxy) is 1. The van der Waals surface area contributed by atoms with E-state index in [9.17, 15) is 0 Å². The van der Waals surface area contributed by atoms with Gasteiger partial charge in [0.15, 0.2) is 0 Å². The molecule has 0 aromatic heterocycles. The molecule has 18 heavy (non-hydrogen) atoms. The Morgan fingerprint density at radius 2 is 2.22 bits per heavy atom. The van der Waals surface area contributed by atoms with Crippen LogP contribution in [0.3, 0.4) is 0 Å². The van der Waals surface area contributed by atoms with Crippen molar-refractivity contribution in [1.82, 2.24) is 5.32 Å². The Morgan fingerprint density at radius 1 is 1.44 bits per heavy atom. The van der Waals surface area contributed by atoms with Crippen molar-refractivity contribution in [2.75, 3.05) is 25.5 Å². The molecule has 1 aromatic rings. The maximum Gasteiger partial charge on any atom is 0.124 e. The third kappa shape index (κ3) is 2.46. The van der Waals surface area contributed by atoms with Crippen molar-refractivity contribution in [2.24, 2.45) is 0 Å². The van der Waals surface area contributed by atoms with E-state index in [1.54, 1.807) is 7.11 Å². The second-order valence-corrected chi connectivity index (χ2v) is 5.66. The first-order valence-corrected chi connectivity index (χ1v) is 6.71. The Kier molecular flexibility index (Phi) is 3.81. The molecule has 3 nitrogen and oxygen atoms in total. The number of rotatable bonds is 5. The Morgan fingerprint density at radius 3 is 2.89 bits per heavy atom. The average Bonchev–Trinajstić information content (AvgIpc) is 2.67. The lowest BCUT2D eigenvalue weighted by Gasteiger charge is -2.26. The molecule has 2 rings (SSSR count). The van der Waals surface area contributed by atoms with Crippen LogP contribution in [-0.2, 0) is 5.41 Å². The molecule has 0 saturated heterocycles. The minimum absolute atomic E-state index is 0.157. The van der Waals surface area contributed by atoms with Gasteiger partial charge in [0.25, 0.3) is 0 Å². The summed E-state index contributed by atoms with van der Waals surface area (Å²) in [6.45, 7) is 8.71. The van der Waals surface area contributed by atoms with Gasteiger partial charge in [-0.05, 0) is 25.1 Å². The molecule has 0 aliphatic carbocycles. The van der Waals surface area contributed by atoms with Crippen molar-refractivity contribution in [3.8, 4) is 5.75 Å². The van der Waals surface area contributed by atoms with E-state index in [-0.39, 0.29) is 5.41 Å². The highest BCUT2D eigenvalue weighted by molar-refractivity contribution is 5.65. The van der Waals surface area contributed by atoms with Crippen molar-refractivity contribution in [3.05, 3.63) is 23.8 Å². The van der Waals surface area contributed by atoms with Crippen LogP contribution in [0.15, 0.2) is 18.2 Å². The van der Waals surface area contributed by atoms with Gasteiger partial charge in [-0.25, -0.2) is 0 Å². The second-order valence-electron chi connectivity index (χ2n) is 5.66. The maximum absolute atomic E-state index is 5.52. The van der Waals surface area contributed by atoms with Gasteiger partial charge in [-0.2, -0.15) is 0 Å². The molecular weight excluding hydrogens is 224 g/mol. The number of hydrogen-bond donors (Lipinski definition) is 2. The molecular formula is C15H24N2O. The first kappa shape index (κ1) is 13.2. The minimum Gasteiger partial charge on any atom is -0.496 e. The van der Waals surface area contributed by atoms with Crippen molar-refractivity contribution < 1.29 is 4.74 Å². The van der Waals surface area contributed by atoms with Gasteiger partial charge in [-0.15, -0.1) is 0 Å². The summed E-state index contributed by atoms with van der Waals surface area (Å²) in [4.78, 5) is 0. The standard InChI is InChI=1S/C15H24N2O/c1-11(2)16-9-8-15(3)10-17-12-6-5-7-13(18-4)14(12)15/h5-7,11,16-17H,8-10H2,1-4H3/t15-/m1/s1. The van der Waals surface area contributed by atoms with Crippen LogP contribution in [0.4, 0.5) is 5.69 Å². The van der Waals surface area contributed by atoms with Gasteiger partial charge in [-0.3, -0.25) is 0 Å². The lowest BCUT2D eigenvalue weighted by Crippen LogP contribution is -2.32. The molecule has 0 fully saturated rings. The summed E-state index contributed by atoms with van der Waals surface area (Å²) in [5.74, 6) is 1.00. The minimum atomic E-state index is 0.157. The molecule has 1 aromatic carbocycles. The molecule has 3 heteroatoms. The summed E-state index contributed by atoms with van der Waals surface area (Å²) >= 11 is 0. The van der Waals surface area contributed by atoms with Crippen LogP contribution >= 0.6 is 0 Å². The Balaban J connectivity index is 2.18. The normalized spacial score (nSPS) is 21.8. The lowest BCUT2D eigenvalue weighted by molar-refractivity contribution is 0.382. The summed E-state index contributed by atoms with van der Waals surface area (Å²) in [7, 11) is 1.75. The molecule has 1 aliphatic rings.